The molecule has 2 heterocycles. The van der Waals surface area contributed by atoms with Crippen molar-refractivity contribution in [1.82, 2.24) is 4.57 Å². The smallest absolute Gasteiger partial charge is 0.115 e. The van der Waals surface area contributed by atoms with E-state index in [9.17, 15) is 0 Å². The third-order valence-corrected chi connectivity index (χ3v) is 1.73. The van der Waals surface area contributed by atoms with Gasteiger partial charge in [-0.15, -0.1) is 0 Å². The Kier molecular flexibility index (Phi) is 1.31. The molecule has 3 heteroatoms. The highest BCUT2D eigenvalue weighted by molar-refractivity contribution is 6.32. The molecule has 0 fully saturated rings. The molecule has 1 aliphatic rings. The summed E-state index contributed by atoms with van der Waals surface area (Å²) in [6.45, 7) is 2.45. The van der Waals surface area contributed by atoms with Crippen molar-refractivity contribution in [3.05, 3.63) is 18.0 Å². The highest BCUT2D eigenvalue weighted by Gasteiger charge is 2.07. The van der Waals surface area contributed by atoms with Crippen LogP contribution in [0.5, 0.6) is 0 Å². The average molecular weight is 133 g/mol. The van der Waals surface area contributed by atoms with Gasteiger partial charge < -0.3 is 9.30 Å². The van der Waals surface area contributed by atoms with E-state index in [1.54, 1.807) is 0 Å². The number of hydrogen-bond acceptors (Lipinski definition) is 1. The lowest BCUT2D eigenvalue weighted by Gasteiger charge is -2.14. The van der Waals surface area contributed by atoms with E-state index in [0.717, 1.165) is 18.6 Å². The van der Waals surface area contributed by atoms with Crippen LogP contribution in [0.4, 0.5) is 0 Å². The lowest BCUT2D eigenvalue weighted by Crippen LogP contribution is -2.14. The van der Waals surface area contributed by atoms with Gasteiger partial charge in [-0.1, -0.05) is 5.46 Å². The summed E-state index contributed by atoms with van der Waals surface area (Å²) in [7, 11) is 5.58. The van der Waals surface area contributed by atoms with Crippen LogP contribution in [-0.4, -0.2) is 19.0 Å². The molecule has 0 spiro atoms. The second-order valence-electron chi connectivity index (χ2n) is 2.51. The summed E-state index contributed by atoms with van der Waals surface area (Å²) < 4.78 is 7.37. The monoisotopic (exact) mass is 133 g/mol. The Morgan fingerprint density at radius 3 is 3.30 bits per heavy atom. The summed E-state index contributed by atoms with van der Waals surface area (Å²) in [5.74, 6) is 0. The standard InChI is InChI=1S/C7H8BNO/c8-6-3-7-5-10-2-1-9(7)4-6/h3-4H,1-2,5H2. The lowest BCUT2D eigenvalue weighted by atomic mass is 10.0. The van der Waals surface area contributed by atoms with Gasteiger partial charge in [-0.05, 0) is 12.3 Å². The fourth-order valence-electron chi connectivity index (χ4n) is 1.25. The zero-order valence-corrected chi connectivity index (χ0v) is 5.71. The summed E-state index contributed by atoms with van der Waals surface area (Å²) in [5, 5.41) is 0. The Morgan fingerprint density at radius 2 is 2.50 bits per heavy atom. The third-order valence-electron chi connectivity index (χ3n) is 1.73. The molecule has 10 heavy (non-hydrogen) atoms. The largest absolute Gasteiger partial charge is 0.373 e. The Labute approximate surface area is 61.2 Å². The van der Waals surface area contributed by atoms with Gasteiger partial charge in [-0.3, -0.25) is 0 Å². The van der Waals surface area contributed by atoms with Crippen molar-refractivity contribution in [1.29, 1.82) is 0 Å². The fourth-order valence-corrected chi connectivity index (χ4v) is 1.25. The molecule has 0 saturated heterocycles. The molecule has 50 valence electrons. The van der Waals surface area contributed by atoms with Crippen molar-refractivity contribution in [3.63, 3.8) is 0 Å². The molecule has 1 aliphatic heterocycles. The molecule has 0 aliphatic carbocycles. The lowest BCUT2D eigenvalue weighted by molar-refractivity contribution is 0.0850. The highest BCUT2D eigenvalue weighted by Crippen LogP contribution is 2.06. The van der Waals surface area contributed by atoms with Crippen molar-refractivity contribution < 1.29 is 4.74 Å². The Morgan fingerprint density at radius 1 is 1.60 bits per heavy atom. The van der Waals surface area contributed by atoms with E-state index in [4.69, 9.17) is 12.6 Å². The molecular formula is C7H8BNO. The van der Waals surface area contributed by atoms with E-state index in [1.165, 1.54) is 5.69 Å². The predicted octanol–water partition coefficient (Wildman–Crippen LogP) is -0.188. The van der Waals surface area contributed by atoms with Crippen LogP contribution in [-0.2, 0) is 17.9 Å². The maximum Gasteiger partial charge on any atom is 0.115 e. The van der Waals surface area contributed by atoms with E-state index in [0.29, 0.717) is 6.61 Å². The molecule has 2 rings (SSSR count). The molecular weight excluding hydrogens is 125 g/mol. The van der Waals surface area contributed by atoms with Crippen LogP contribution in [0.25, 0.3) is 0 Å². The minimum Gasteiger partial charge on any atom is -0.373 e. The van der Waals surface area contributed by atoms with Crippen molar-refractivity contribution in [2.75, 3.05) is 6.61 Å². The topological polar surface area (TPSA) is 14.2 Å². The first-order valence-electron chi connectivity index (χ1n) is 3.38. The van der Waals surface area contributed by atoms with Crippen LogP contribution in [0, 0.1) is 0 Å². The van der Waals surface area contributed by atoms with Crippen LogP contribution in [0.1, 0.15) is 5.69 Å². The van der Waals surface area contributed by atoms with Crippen molar-refractivity contribution in [3.8, 4) is 0 Å². The van der Waals surface area contributed by atoms with Crippen LogP contribution in [0.2, 0.25) is 0 Å². The van der Waals surface area contributed by atoms with E-state index in [2.05, 4.69) is 4.57 Å². The molecule has 0 N–H and O–H groups in total. The van der Waals surface area contributed by atoms with Gasteiger partial charge in [0.25, 0.3) is 0 Å². The van der Waals surface area contributed by atoms with Gasteiger partial charge in [-0.25, -0.2) is 0 Å². The minimum atomic E-state index is 0.706. The molecule has 0 saturated carbocycles. The molecule has 2 nitrogen and oxygen atoms in total. The fraction of sp³-hybridized carbons (Fsp3) is 0.429. The number of fused-ring (bicyclic) bond motifs is 1. The van der Waals surface area contributed by atoms with Crippen LogP contribution < -0.4 is 5.46 Å². The van der Waals surface area contributed by atoms with E-state index >= 15 is 0 Å². The number of ether oxygens (including phenoxy) is 1. The maximum absolute atomic E-state index is 5.58. The first-order chi connectivity index (χ1) is 4.86. The number of nitrogens with zero attached hydrogens (tertiary/aromatic N) is 1. The summed E-state index contributed by atoms with van der Waals surface area (Å²) in [6.07, 6.45) is 1.96. The van der Waals surface area contributed by atoms with Gasteiger partial charge >= 0.3 is 0 Å². The van der Waals surface area contributed by atoms with E-state index in [1.807, 2.05) is 12.3 Å². The molecule has 1 aromatic rings. The van der Waals surface area contributed by atoms with E-state index < -0.39 is 0 Å². The van der Waals surface area contributed by atoms with Gasteiger partial charge in [0.2, 0.25) is 0 Å². The number of hydrogen-bond donors (Lipinski definition) is 0. The Hall–Kier alpha value is -0.695. The Balaban J connectivity index is 2.41. The van der Waals surface area contributed by atoms with Crippen molar-refractivity contribution in [2.24, 2.45) is 0 Å². The molecule has 0 amide bonds. The normalized spacial score (nSPS) is 16.8. The zero-order valence-electron chi connectivity index (χ0n) is 5.71. The second-order valence-corrected chi connectivity index (χ2v) is 2.51. The first kappa shape index (κ1) is 6.04. The maximum atomic E-state index is 5.58. The zero-order chi connectivity index (χ0) is 6.97. The minimum absolute atomic E-state index is 0.706. The predicted molar refractivity (Wildman–Crippen MR) is 39.5 cm³/mol. The molecule has 0 unspecified atom stereocenters. The summed E-state index contributed by atoms with van der Waals surface area (Å²) in [6, 6.07) is 1.96. The number of aromatic nitrogens is 1. The quantitative estimate of drug-likeness (QED) is 0.447. The van der Waals surface area contributed by atoms with Crippen LogP contribution in [0.3, 0.4) is 0 Å². The second kappa shape index (κ2) is 2.17. The molecule has 2 radical (unpaired) electrons. The first-order valence-corrected chi connectivity index (χ1v) is 3.38. The van der Waals surface area contributed by atoms with Crippen LogP contribution in [0.15, 0.2) is 12.3 Å². The molecule has 0 aromatic carbocycles. The van der Waals surface area contributed by atoms with Gasteiger partial charge in [-0.2, -0.15) is 0 Å². The number of rotatable bonds is 0. The Bertz CT molecular complexity index is 220. The van der Waals surface area contributed by atoms with Gasteiger partial charge in [0.15, 0.2) is 0 Å². The summed E-state index contributed by atoms with van der Waals surface area (Å²) in [5.41, 5.74) is 2.02. The summed E-state index contributed by atoms with van der Waals surface area (Å²) in [4.78, 5) is 0. The average Bonchev–Trinajstić information content (AvgIpc) is 2.27. The SMILES string of the molecule is [B]c1cc2n(c1)CCOC2. The molecule has 0 bridgehead atoms. The van der Waals surface area contributed by atoms with Gasteiger partial charge in [0.1, 0.15) is 7.85 Å². The van der Waals surface area contributed by atoms with Gasteiger partial charge in [0.05, 0.1) is 13.2 Å². The van der Waals surface area contributed by atoms with Crippen LogP contribution >= 0.6 is 0 Å². The van der Waals surface area contributed by atoms with E-state index in [-0.39, 0.29) is 0 Å². The summed E-state index contributed by atoms with van der Waals surface area (Å²) >= 11 is 0. The molecule has 1 aromatic heterocycles. The van der Waals surface area contributed by atoms with Crippen molar-refractivity contribution >= 4 is 13.3 Å². The van der Waals surface area contributed by atoms with Crippen molar-refractivity contribution in [2.45, 2.75) is 13.2 Å². The van der Waals surface area contributed by atoms with Gasteiger partial charge in [0, 0.05) is 12.2 Å². The highest BCUT2D eigenvalue weighted by atomic mass is 16.5. The third kappa shape index (κ3) is 0.867. The molecule has 0 atom stereocenters.